The molecule has 0 saturated heterocycles. The molecule has 8 heteroatoms. The van der Waals surface area contributed by atoms with Gasteiger partial charge in [0.15, 0.2) is 0 Å². The molecular weight excluding hydrogens is 284 g/mol. The van der Waals surface area contributed by atoms with Crippen molar-refractivity contribution in [3.05, 3.63) is 48.3 Å². The molecule has 114 valence electrons. The molecule has 0 radical (unpaired) electrons. The lowest BCUT2D eigenvalue weighted by molar-refractivity contribution is -0.139. The van der Waals surface area contributed by atoms with Crippen LogP contribution in [0.15, 0.2) is 42.0 Å². The van der Waals surface area contributed by atoms with Gasteiger partial charge in [0, 0.05) is 24.5 Å². The van der Waals surface area contributed by atoms with Gasteiger partial charge in [0.1, 0.15) is 11.8 Å². The molecule has 0 unspecified atom stereocenters. The second-order valence-electron chi connectivity index (χ2n) is 4.97. The topological polar surface area (TPSA) is 115 Å². The van der Waals surface area contributed by atoms with Crippen molar-refractivity contribution in [3.63, 3.8) is 0 Å². The fraction of sp³-hybridized carbons (Fsp3) is 0.286. The van der Waals surface area contributed by atoms with E-state index in [0.29, 0.717) is 13.0 Å². The SMILES string of the molecule is O=C(O)[C@@H](Cc1cnc[nH]1)N[C@@H]1CNN=C1c1ccccn1. The number of H-pyrrole nitrogens is 1. The maximum Gasteiger partial charge on any atom is 0.321 e. The predicted octanol–water partition coefficient (Wildman–Crippen LogP) is -0.234. The van der Waals surface area contributed by atoms with Crippen molar-refractivity contribution in [1.29, 1.82) is 0 Å². The van der Waals surface area contributed by atoms with Crippen molar-refractivity contribution in [1.82, 2.24) is 25.7 Å². The summed E-state index contributed by atoms with van der Waals surface area (Å²) in [6.07, 6.45) is 5.16. The van der Waals surface area contributed by atoms with Crippen molar-refractivity contribution in [2.75, 3.05) is 6.54 Å². The van der Waals surface area contributed by atoms with Gasteiger partial charge in [0.2, 0.25) is 0 Å². The van der Waals surface area contributed by atoms with E-state index in [1.807, 2.05) is 18.2 Å². The Bertz CT molecular complexity index is 655. The van der Waals surface area contributed by atoms with Gasteiger partial charge < -0.3 is 15.5 Å². The van der Waals surface area contributed by atoms with Crippen LogP contribution < -0.4 is 10.7 Å². The summed E-state index contributed by atoms with van der Waals surface area (Å²) in [6.45, 7) is 0.526. The Hall–Kier alpha value is -2.74. The van der Waals surface area contributed by atoms with Crippen molar-refractivity contribution in [2.45, 2.75) is 18.5 Å². The van der Waals surface area contributed by atoms with Gasteiger partial charge in [0.05, 0.1) is 24.6 Å². The van der Waals surface area contributed by atoms with E-state index in [2.05, 4.69) is 30.8 Å². The zero-order chi connectivity index (χ0) is 15.4. The van der Waals surface area contributed by atoms with Crippen LogP contribution in [0.1, 0.15) is 11.4 Å². The van der Waals surface area contributed by atoms with Gasteiger partial charge in [-0.1, -0.05) is 6.07 Å². The molecule has 8 nitrogen and oxygen atoms in total. The second-order valence-corrected chi connectivity index (χ2v) is 4.97. The van der Waals surface area contributed by atoms with Crippen LogP contribution in [-0.2, 0) is 11.2 Å². The van der Waals surface area contributed by atoms with Crippen LogP contribution in [-0.4, -0.2) is 50.4 Å². The van der Waals surface area contributed by atoms with Crippen LogP contribution in [0.3, 0.4) is 0 Å². The molecule has 0 aliphatic carbocycles. The first kappa shape index (κ1) is 14.2. The van der Waals surface area contributed by atoms with Crippen LogP contribution in [0, 0.1) is 0 Å². The van der Waals surface area contributed by atoms with Crippen LogP contribution in [0.2, 0.25) is 0 Å². The maximum atomic E-state index is 11.5. The average Bonchev–Trinajstić information content (AvgIpc) is 3.19. The number of carboxylic acid groups (broad SMARTS) is 1. The third-order valence-corrected chi connectivity index (χ3v) is 3.43. The molecule has 3 heterocycles. The van der Waals surface area contributed by atoms with E-state index >= 15 is 0 Å². The number of aromatic nitrogens is 3. The highest BCUT2D eigenvalue weighted by atomic mass is 16.4. The van der Waals surface area contributed by atoms with E-state index < -0.39 is 12.0 Å². The number of aliphatic carboxylic acids is 1. The summed E-state index contributed by atoms with van der Waals surface area (Å²) in [4.78, 5) is 22.6. The number of carbonyl (C=O) groups is 1. The van der Waals surface area contributed by atoms with E-state index in [-0.39, 0.29) is 6.04 Å². The lowest BCUT2D eigenvalue weighted by Crippen LogP contribution is -2.49. The number of carboxylic acids is 1. The van der Waals surface area contributed by atoms with Crippen LogP contribution >= 0.6 is 0 Å². The lowest BCUT2D eigenvalue weighted by Gasteiger charge is -2.19. The summed E-state index contributed by atoms with van der Waals surface area (Å²) in [6, 6.07) is 4.61. The molecule has 0 bridgehead atoms. The minimum atomic E-state index is -0.915. The van der Waals surface area contributed by atoms with Gasteiger partial charge in [-0.15, -0.1) is 0 Å². The molecule has 3 rings (SSSR count). The van der Waals surface area contributed by atoms with Crippen LogP contribution in [0.5, 0.6) is 0 Å². The number of nitrogens with zero attached hydrogens (tertiary/aromatic N) is 3. The smallest absolute Gasteiger partial charge is 0.321 e. The van der Waals surface area contributed by atoms with Gasteiger partial charge in [-0.3, -0.25) is 15.1 Å². The Morgan fingerprint density at radius 3 is 3.09 bits per heavy atom. The van der Waals surface area contributed by atoms with Gasteiger partial charge in [-0.2, -0.15) is 5.10 Å². The lowest BCUT2D eigenvalue weighted by atomic mass is 10.1. The van der Waals surface area contributed by atoms with Gasteiger partial charge in [-0.05, 0) is 12.1 Å². The minimum absolute atomic E-state index is 0.209. The largest absolute Gasteiger partial charge is 0.480 e. The van der Waals surface area contributed by atoms with Gasteiger partial charge >= 0.3 is 5.97 Å². The van der Waals surface area contributed by atoms with E-state index in [0.717, 1.165) is 17.1 Å². The fourth-order valence-electron chi connectivity index (χ4n) is 2.36. The number of hydrazone groups is 1. The molecule has 2 aromatic heterocycles. The van der Waals surface area contributed by atoms with Crippen molar-refractivity contribution >= 4 is 11.7 Å². The molecule has 0 amide bonds. The standard InChI is InChI=1S/C14H16N6O2/c21-14(22)11(5-9-6-15-8-17-9)19-12-7-18-20-13(12)10-3-1-2-4-16-10/h1-4,6,8,11-12,18-19H,5,7H2,(H,15,17)(H,21,22)/t11-,12-/m1/s1. The van der Waals surface area contributed by atoms with E-state index in [9.17, 15) is 9.90 Å². The number of nitrogens with one attached hydrogen (secondary N) is 3. The quantitative estimate of drug-likeness (QED) is 0.585. The molecule has 2 aromatic rings. The summed E-state index contributed by atoms with van der Waals surface area (Å²) in [5.74, 6) is -0.915. The average molecular weight is 300 g/mol. The highest BCUT2D eigenvalue weighted by Gasteiger charge is 2.29. The third kappa shape index (κ3) is 3.12. The first-order chi connectivity index (χ1) is 10.7. The molecule has 22 heavy (non-hydrogen) atoms. The van der Waals surface area contributed by atoms with Crippen molar-refractivity contribution < 1.29 is 9.90 Å². The summed E-state index contributed by atoms with van der Waals surface area (Å²) >= 11 is 0. The molecule has 1 aliphatic heterocycles. The van der Waals surface area contributed by atoms with Crippen LogP contribution in [0.25, 0.3) is 0 Å². The number of rotatable bonds is 6. The Morgan fingerprint density at radius 1 is 1.50 bits per heavy atom. The minimum Gasteiger partial charge on any atom is -0.480 e. The first-order valence-corrected chi connectivity index (χ1v) is 6.92. The van der Waals surface area contributed by atoms with E-state index in [4.69, 9.17) is 0 Å². The molecular formula is C14H16N6O2. The summed E-state index contributed by atoms with van der Waals surface area (Å²) in [5, 5.41) is 16.8. The zero-order valence-electron chi connectivity index (χ0n) is 11.7. The Labute approximate surface area is 126 Å². The highest BCUT2D eigenvalue weighted by Crippen LogP contribution is 2.08. The van der Waals surface area contributed by atoms with Gasteiger partial charge in [0.25, 0.3) is 0 Å². The van der Waals surface area contributed by atoms with Crippen molar-refractivity contribution in [2.24, 2.45) is 5.10 Å². The fourth-order valence-corrected chi connectivity index (χ4v) is 2.36. The number of hydrogen-bond donors (Lipinski definition) is 4. The number of hydrogen-bond acceptors (Lipinski definition) is 6. The number of aromatic amines is 1. The molecule has 0 saturated carbocycles. The Morgan fingerprint density at radius 2 is 2.41 bits per heavy atom. The molecule has 4 N–H and O–H groups in total. The molecule has 2 atom stereocenters. The normalized spacial score (nSPS) is 18.5. The van der Waals surface area contributed by atoms with E-state index in [1.165, 1.54) is 6.33 Å². The summed E-state index contributed by atoms with van der Waals surface area (Å²) in [5.41, 5.74) is 5.11. The van der Waals surface area contributed by atoms with Crippen molar-refractivity contribution in [3.8, 4) is 0 Å². The van der Waals surface area contributed by atoms with Crippen LogP contribution in [0.4, 0.5) is 0 Å². The second kappa shape index (κ2) is 6.35. The molecule has 0 fully saturated rings. The predicted molar refractivity (Wildman–Crippen MR) is 79.4 cm³/mol. The van der Waals surface area contributed by atoms with Gasteiger partial charge in [-0.25, -0.2) is 4.98 Å². The molecule has 1 aliphatic rings. The number of imidazole rings is 1. The highest BCUT2D eigenvalue weighted by molar-refractivity contribution is 6.04. The Balaban J connectivity index is 1.72. The first-order valence-electron chi connectivity index (χ1n) is 6.92. The monoisotopic (exact) mass is 300 g/mol. The number of pyridine rings is 1. The zero-order valence-corrected chi connectivity index (χ0v) is 11.7. The maximum absolute atomic E-state index is 11.5. The molecule has 0 aromatic carbocycles. The van der Waals surface area contributed by atoms with E-state index in [1.54, 1.807) is 12.4 Å². The molecule has 0 spiro atoms. The third-order valence-electron chi connectivity index (χ3n) is 3.43. The summed E-state index contributed by atoms with van der Waals surface area (Å²) in [7, 11) is 0. The summed E-state index contributed by atoms with van der Waals surface area (Å²) < 4.78 is 0. The Kier molecular flexibility index (Phi) is 4.10.